The number of carbonyl (C=O) groups is 1. The first kappa shape index (κ1) is 23.7. The second-order valence-corrected chi connectivity index (χ2v) is 9.97. The van der Waals surface area contributed by atoms with Gasteiger partial charge in [-0.1, -0.05) is 12.1 Å². The average molecular weight is 505 g/mol. The average Bonchev–Trinajstić information content (AvgIpc) is 3.52. The summed E-state index contributed by atoms with van der Waals surface area (Å²) in [7, 11) is 3.26. The van der Waals surface area contributed by atoms with Crippen LogP contribution in [-0.2, 0) is 11.3 Å². The van der Waals surface area contributed by atoms with E-state index in [4.69, 9.17) is 19.2 Å². The molecule has 10 nitrogen and oxygen atoms in total. The van der Waals surface area contributed by atoms with Crippen LogP contribution in [0, 0.1) is 0 Å². The predicted molar refractivity (Wildman–Crippen MR) is 138 cm³/mol. The molecule has 3 aliphatic rings. The zero-order valence-electron chi connectivity index (χ0n) is 21.2. The summed E-state index contributed by atoms with van der Waals surface area (Å²) in [5.74, 6) is 1.85. The molecule has 1 aromatic carbocycles. The van der Waals surface area contributed by atoms with Gasteiger partial charge in [0.2, 0.25) is 5.88 Å². The number of urea groups is 1. The highest BCUT2D eigenvalue weighted by atomic mass is 16.5. The van der Waals surface area contributed by atoms with Crippen LogP contribution in [0.2, 0.25) is 0 Å². The molecule has 5 heterocycles. The lowest BCUT2D eigenvalue weighted by atomic mass is 9.85. The van der Waals surface area contributed by atoms with Crippen molar-refractivity contribution in [1.82, 2.24) is 25.0 Å². The molecule has 194 valence electrons. The number of carbonyl (C=O) groups excluding carboxylic acids is 1. The third kappa shape index (κ3) is 4.30. The second kappa shape index (κ2) is 9.68. The molecule has 2 amide bonds. The molecule has 3 aliphatic heterocycles. The van der Waals surface area contributed by atoms with Crippen molar-refractivity contribution in [2.45, 2.75) is 31.0 Å². The van der Waals surface area contributed by atoms with Crippen molar-refractivity contribution in [2.75, 3.05) is 52.0 Å². The number of aromatic nitrogens is 3. The second-order valence-electron chi connectivity index (χ2n) is 9.97. The van der Waals surface area contributed by atoms with Crippen LogP contribution in [-0.4, -0.2) is 89.7 Å². The van der Waals surface area contributed by atoms with Crippen molar-refractivity contribution in [3.8, 4) is 22.8 Å². The molecule has 1 N–H and O–H groups in total. The number of H-pyrrole nitrogens is 1. The number of aromatic amines is 1. The van der Waals surface area contributed by atoms with Crippen molar-refractivity contribution < 1.29 is 19.0 Å². The number of nitrogens with zero attached hydrogens (tertiary/aromatic N) is 5. The Morgan fingerprint density at radius 3 is 2.65 bits per heavy atom. The number of piperidine rings is 1. The minimum Gasteiger partial charge on any atom is -0.497 e. The number of rotatable bonds is 7. The number of hydrogen-bond acceptors (Lipinski definition) is 7. The summed E-state index contributed by atoms with van der Waals surface area (Å²) in [4.78, 5) is 25.2. The third-order valence-corrected chi connectivity index (χ3v) is 7.95. The molecule has 0 unspecified atom stereocenters. The maximum Gasteiger partial charge on any atom is 0.326 e. The molecule has 1 spiro atoms. The lowest BCUT2D eigenvalue weighted by Crippen LogP contribution is -2.59. The number of amides is 2. The van der Waals surface area contributed by atoms with Crippen molar-refractivity contribution in [2.24, 2.45) is 0 Å². The smallest absolute Gasteiger partial charge is 0.326 e. The van der Waals surface area contributed by atoms with Crippen LogP contribution in [0.1, 0.15) is 18.4 Å². The van der Waals surface area contributed by atoms with Crippen LogP contribution < -0.4 is 14.4 Å². The molecule has 0 saturated carbocycles. The number of ether oxygens (including phenoxy) is 3. The summed E-state index contributed by atoms with van der Waals surface area (Å²) in [6.07, 6.45) is 5.33. The Balaban J connectivity index is 1.31. The first-order valence-electron chi connectivity index (χ1n) is 12.7. The van der Waals surface area contributed by atoms with E-state index in [1.807, 2.05) is 41.3 Å². The molecule has 3 saturated heterocycles. The van der Waals surface area contributed by atoms with Gasteiger partial charge >= 0.3 is 6.03 Å². The van der Waals surface area contributed by atoms with Gasteiger partial charge in [0.05, 0.1) is 51.8 Å². The molecular weight excluding hydrogens is 472 g/mol. The van der Waals surface area contributed by atoms with E-state index in [9.17, 15) is 4.79 Å². The zero-order chi connectivity index (χ0) is 25.4. The fourth-order valence-corrected chi connectivity index (χ4v) is 5.69. The fraction of sp³-hybridized carbons (Fsp3) is 0.444. The van der Waals surface area contributed by atoms with E-state index >= 15 is 0 Å². The highest BCUT2D eigenvalue weighted by Gasteiger charge is 2.52. The van der Waals surface area contributed by atoms with Gasteiger partial charge in [0.1, 0.15) is 11.6 Å². The first-order valence-corrected chi connectivity index (χ1v) is 12.7. The van der Waals surface area contributed by atoms with Gasteiger partial charge in [-0.25, -0.2) is 4.79 Å². The number of hydrogen-bond donors (Lipinski definition) is 1. The Bertz CT molecular complexity index is 1250. The molecule has 0 bridgehead atoms. The van der Waals surface area contributed by atoms with Gasteiger partial charge in [0, 0.05) is 37.0 Å². The maximum atomic E-state index is 14.0. The highest BCUT2D eigenvalue weighted by Crippen LogP contribution is 2.41. The molecule has 0 radical (unpaired) electrons. The minimum absolute atomic E-state index is 0.0335. The van der Waals surface area contributed by atoms with Crippen LogP contribution in [0.25, 0.3) is 11.1 Å². The largest absolute Gasteiger partial charge is 0.497 e. The molecule has 3 aromatic rings. The Morgan fingerprint density at radius 2 is 1.97 bits per heavy atom. The van der Waals surface area contributed by atoms with Crippen molar-refractivity contribution >= 4 is 11.8 Å². The summed E-state index contributed by atoms with van der Waals surface area (Å²) in [5, 5.41) is 6.86. The number of anilines is 1. The highest BCUT2D eigenvalue weighted by molar-refractivity contribution is 5.95. The van der Waals surface area contributed by atoms with Crippen LogP contribution in [0.4, 0.5) is 10.6 Å². The van der Waals surface area contributed by atoms with Crippen LogP contribution in [0.3, 0.4) is 0 Å². The summed E-state index contributed by atoms with van der Waals surface area (Å²) in [6.45, 7) is 4.60. The van der Waals surface area contributed by atoms with Crippen LogP contribution >= 0.6 is 0 Å². The topological polar surface area (TPSA) is 96.0 Å². The first-order chi connectivity index (χ1) is 18.1. The van der Waals surface area contributed by atoms with E-state index in [-0.39, 0.29) is 11.6 Å². The summed E-state index contributed by atoms with van der Waals surface area (Å²) < 4.78 is 16.5. The Labute approximate surface area is 216 Å². The normalized spacial score (nSPS) is 19.9. The minimum atomic E-state index is -0.278. The number of likely N-dealkylation sites (tertiary alicyclic amines) is 1. The lowest BCUT2D eigenvalue weighted by Gasteiger charge is -2.47. The summed E-state index contributed by atoms with van der Waals surface area (Å²) in [6, 6.07) is 12.3. The van der Waals surface area contributed by atoms with Gasteiger partial charge in [-0.05, 0) is 42.7 Å². The van der Waals surface area contributed by atoms with E-state index in [0.717, 1.165) is 61.6 Å². The van der Waals surface area contributed by atoms with E-state index in [0.29, 0.717) is 30.8 Å². The number of methoxy groups -OCH3 is 2. The molecule has 0 aliphatic carbocycles. The lowest BCUT2D eigenvalue weighted by molar-refractivity contribution is -0.0813. The molecular formula is C27H32N6O4. The maximum absolute atomic E-state index is 14.0. The molecule has 6 rings (SSSR count). The quantitative estimate of drug-likeness (QED) is 0.528. The Hall–Kier alpha value is -3.63. The van der Waals surface area contributed by atoms with Gasteiger partial charge in [0.15, 0.2) is 0 Å². The summed E-state index contributed by atoms with van der Waals surface area (Å²) >= 11 is 0. The number of pyridine rings is 1. The van der Waals surface area contributed by atoms with E-state index in [1.165, 1.54) is 0 Å². The van der Waals surface area contributed by atoms with Crippen molar-refractivity contribution in [3.05, 3.63) is 54.4 Å². The molecule has 3 fully saturated rings. The summed E-state index contributed by atoms with van der Waals surface area (Å²) in [5.41, 5.74) is 2.47. The van der Waals surface area contributed by atoms with E-state index in [1.54, 1.807) is 26.6 Å². The van der Waals surface area contributed by atoms with Gasteiger partial charge in [-0.15, -0.1) is 0 Å². The van der Waals surface area contributed by atoms with E-state index < -0.39 is 0 Å². The molecule has 37 heavy (non-hydrogen) atoms. The van der Waals surface area contributed by atoms with E-state index in [2.05, 4.69) is 20.0 Å². The van der Waals surface area contributed by atoms with Gasteiger partial charge in [0.25, 0.3) is 0 Å². The molecule has 0 atom stereocenters. The van der Waals surface area contributed by atoms with Gasteiger partial charge in [-0.3, -0.25) is 14.9 Å². The van der Waals surface area contributed by atoms with Crippen molar-refractivity contribution in [3.63, 3.8) is 0 Å². The Kier molecular flexibility index (Phi) is 6.21. The van der Waals surface area contributed by atoms with Gasteiger partial charge in [-0.2, -0.15) is 10.1 Å². The monoisotopic (exact) mass is 504 g/mol. The zero-order valence-corrected chi connectivity index (χ0v) is 21.2. The van der Waals surface area contributed by atoms with Crippen molar-refractivity contribution in [1.29, 1.82) is 0 Å². The molecule has 2 aromatic heterocycles. The predicted octanol–water partition coefficient (Wildman–Crippen LogP) is 3.16. The van der Waals surface area contributed by atoms with Gasteiger partial charge < -0.3 is 19.1 Å². The number of nitrogens with one attached hydrogen (secondary N) is 1. The SMILES string of the molecule is COc1cccc(CN2C(=O)N(c3ccc(-c4cn[nH]c4)c(OC)n3)CC23CCN(C2COC2)CC3)c1. The fourth-order valence-electron chi connectivity index (χ4n) is 5.69. The number of benzene rings is 1. The van der Waals surface area contributed by atoms with Crippen LogP contribution in [0.5, 0.6) is 11.6 Å². The third-order valence-electron chi connectivity index (χ3n) is 7.95. The standard InChI is InChI=1S/C27H32N6O4/c1-35-22-5-3-4-19(12-22)15-33-26(34)32(18-27(33)8-10-31(11-9-27)21-16-37-17-21)24-7-6-23(25(30-24)36-2)20-13-28-29-14-20/h3-7,12-14,21H,8-11,15-18H2,1-2H3,(H,28,29). The molecule has 10 heteroatoms. The van der Waals surface area contributed by atoms with Crippen LogP contribution in [0.15, 0.2) is 48.8 Å². The Morgan fingerprint density at radius 1 is 1.14 bits per heavy atom.